The Labute approximate surface area is 122 Å². The van der Waals surface area contributed by atoms with E-state index < -0.39 is 33.2 Å². The van der Waals surface area contributed by atoms with Crippen molar-refractivity contribution in [2.24, 2.45) is 11.8 Å². The van der Waals surface area contributed by atoms with Crippen LogP contribution in [0.5, 0.6) is 0 Å². The highest BCUT2D eigenvalue weighted by Gasteiger charge is 2.41. The topological polar surface area (TPSA) is 66.4 Å². The van der Waals surface area contributed by atoms with Crippen LogP contribution in [0.15, 0.2) is 17.0 Å². The summed E-state index contributed by atoms with van der Waals surface area (Å²) in [4.78, 5) is -0.727. The number of aliphatic hydroxyl groups is 1. The van der Waals surface area contributed by atoms with Crippen LogP contribution in [0.2, 0.25) is 0 Å². The summed E-state index contributed by atoms with van der Waals surface area (Å²) in [5.41, 5.74) is 0.0298. The number of halogens is 2. The highest BCUT2D eigenvalue weighted by atomic mass is 32.2. The average molecular weight is 317 g/mol. The van der Waals surface area contributed by atoms with Gasteiger partial charge in [0.25, 0.3) is 0 Å². The minimum atomic E-state index is -4.13. The third-order valence-corrected chi connectivity index (χ3v) is 6.06. The number of fused-ring (bicyclic) bond motifs is 2. The van der Waals surface area contributed by atoms with Gasteiger partial charge in [-0.3, -0.25) is 0 Å². The van der Waals surface area contributed by atoms with Crippen molar-refractivity contribution in [3.63, 3.8) is 0 Å². The summed E-state index contributed by atoms with van der Waals surface area (Å²) in [6.07, 6.45) is 3.85. The fourth-order valence-corrected chi connectivity index (χ4v) is 5.01. The fraction of sp³-hybridized carbons (Fsp3) is 0.571. The number of hydrogen-bond acceptors (Lipinski definition) is 3. The minimum absolute atomic E-state index is 0.0298. The Morgan fingerprint density at radius 2 is 2.00 bits per heavy atom. The van der Waals surface area contributed by atoms with Gasteiger partial charge in [0.05, 0.1) is 6.61 Å². The fourth-order valence-electron chi connectivity index (χ4n) is 3.56. The van der Waals surface area contributed by atoms with Gasteiger partial charge in [-0.25, -0.2) is 21.9 Å². The molecule has 1 aromatic carbocycles. The lowest BCUT2D eigenvalue weighted by Gasteiger charge is -2.23. The van der Waals surface area contributed by atoms with Crippen LogP contribution in [0.1, 0.15) is 31.2 Å². The lowest BCUT2D eigenvalue weighted by atomic mass is 9.96. The molecule has 0 heterocycles. The van der Waals surface area contributed by atoms with E-state index in [1.807, 2.05) is 0 Å². The molecule has 3 atom stereocenters. The molecule has 2 saturated carbocycles. The molecule has 0 saturated heterocycles. The van der Waals surface area contributed by atoms with E-state index in [1.165, 1.54) is 0 Å². The molecule has 116 valence electrons. The van der Waals surface area contributed by atoms with Gasteiger partial charge in [0.2, 0.25) is 10.0 Å². The first-order valence-electron chi connectivity index (χ1n) is 7.02. The van der Waals surface area contributed by atoms with Gasteiger partial charge in [-0.1, -0.05) is 6.42 Å². The zero-order valence-electron chi connectivity index (χ0n) is 11.4. The van der Waals surface area contributed by atoms with Gasteiger partial charge in [0, 0.05) is 6.04 Å². The van der Waals surface area contributed by atoms with Gasteiger partial charge in [-0.05, 0) is 48.8 Å². The maximum absolute atomic E-state index is 13.8. The number of hydrogen-bond donors (Lipinski definition) is 2. The molecule has 7 heteroatoms. The van der Waals surface area contributed by atoms with Crippen molar-refractivity contribution >= 4 is 10.0 Å². The van der Waals surface area contributed by atoms with Gasteiger partial charge >= 0.3 is 0 Å². The molecule has 2 N–H and O–H groups in total. The summed E-state index contributed by atoms with van der Waals surface area (Å²) in [6, 6.07) is 1.58. The van der Waals surface area contributed by atoms with Crippen molar-refractivity contribution in [2.45, 2.75) is 43.2 Å². The molecule has 1 aromatic rings. The van der Waals surface area contributed by atoms with Gasteiger partial charge < -0.3 is 5.11 Å². The maximum Gasteiger partial charge on any atom is 0.243 e. The van der Waals surface area contributed by atoms with Crippen LogP contribution in [0.25, 0.3) is 0 Å². The first kappa shape index (κ1) is 14.9. The first-order valence-corrected chi connectivity index (χ1v) is 8.50. The molecule has 2 bridgehead atoms. The van der Waals surface area contributed by atoms with Crippen LogP contribution in [-0.2, 0) is 16.6 Å². The van der Waals surface area contributed by atoms with Crippen molar-refractivity contribution in [3.05, 3.63) is 29.3 Å². The number of sulfonamides is 1. The van der Waals surface area contributed by atoms with E-state index in [9.17, 15) is 17.2 Å². The quantitative estimate of drug-likeness (QED) is 0.892. The first-order chi connectivity index (χ1) is 9.90. The van der Waals surface area contributed by atoms with E-state index in [-0.39, 0.29) is 11.6 Å². The zero-order chi connectivity index (χ0) is 15.2. The molecular weight excluding hydrogens is 300 g/mol. The van der Waals surface area contributed by atoms with Crippen molar-refractivity contribution in [3.8, 4) is 0 Å². The largest absolute Gasteiger partial charge is 0.392 e. The highest BCUT2D eigenvalue weighted by Crippen LogP contribution is 2.44. The van der Waals surface area contributed by atoms with E-state index in [2.05, 4.69) is 4.72 Å². The highest BCUT2D eigenvalue weighted by molar-refractivity contribution is 7.89. The Hall–Kier alpha value is -1.05. The maximum atomic E-state index is 13.8. The number of nitrogens with one attached hydrogen (secondary N) is 1. The predicted octanol–water partition coefficient (Wildman–Crippen LogP) is 1.92. The molecule has 0 amide bonds. The van der Waals surface area contributed by atoms with E-state index in [1.54, 1.807) is 0 Å². The molecule has 0 aliphatic heterocycles. The van der Waals surface area contributed by atoms with Crippen molar-refractivity contribution in [2.75, 3.05) is 0 Å². The van der Waals surface area contributed by atoms with Crippen molar-refractivity contribution in [1.29, 1.82) is 0 Å². The van der Waals surface area contributed by atoms with Gasteiger partial charge in [-0.2, -0.15) is 0 Å². The molecule has 0 radical (unpaired) electrons. The van der Waals surface area contributed by atoms with Crippen LogP contribution in [0.3, 0.4) is 0 Å². The van der Waals surface area contributed by atoms with Crippen LogP contribution < -0.4 is 4.72 Å². The summed E-state index contributed by atoms with van der Waals surface area (Å²) in [5, 5.41) is 9.01. The van der Waals surface area contributed by atoms with Gasteiger partial charge in [-0.15, -0.1) is 0 Å². The Bertz CT molecular complexity index is 662. The third-order valence-electron chi connectivity index (χ3n) is 4.57. The standard InChI is InChI=1S/C14H17F2NO3S/c15-11-4-9(7-18)6-13(14(11)16)21(19,20)17-12-5-8-1-2-10(12)3-8/h4,6,8,10,12,17-18H,1-3,5,7H2. The normalized spacial score (nSPS) is 28.2. The van der Waals surface area contributed by atoms with E-state index in [0.717, 1.165) is 37.8 Å². The lowest BCUT2D eigenvalue weighted by Crippen LogP contribution is -2.38. The van der Waals surface area contributed by atoms with Crippen LogP contribution in [0, 0.1) is 23.5 Å². The number of benzene rings is 1. The Morgan fingerprint density at radius 1 is 1.24 bits per heavy atom. The number of aliphatic hydroxyl groups excluding tert-OH is 1. The summed E-state index contributed by atoms with van der Waals surface area (Å²) in [6.45, 7) is -0.548. The third kappa shape index (κ3) is 2.69. The van der Waals surface area contributed by atoms with Crippen LogP contribution in [-0.4, -0.2) is 19.6 Å². The molecule has 0 spiro atoms. The van der Waals surface area contributed by atoms with E-state index in [4.69, 9.17) is 5.11 Å². The van der Waals surface area contributed by atoms with E-state index >= 15 is 0 Å². The molecule has 4 nitrogen and oxygen atoms in total. The SMILES string of the molecule is O=S(=O)(NC1CC2CCC1C2)c1cc(CO)cc(F)c1F. The second-order valence-corrected chi connectivity index (χ2v) is 7.63. The molecule has 3 unspecified atom stereocenters. The Kier molecular flexibility index (Phi) is 3.75. The summed E-state index contributed by atoms with van der Waals surface area (Å²) in [5.74, 6) is -1.84. The Morgan fingerprint density at radius 3 is 2.57 bits per heavy atom. The molecule has 2 aliphatic carbocycles. The summed E-state index contributed by atoms with van der Waals surface area (Å²) in [7, 11) is -4.13. The lowest BCUT2D eigenvalue weighted by molar-refractivity contribution is 0.280. The zero-order valence-corrected chi connectivity index (χ0v) is 12.2. The molecule has 3 rings (SSSR count). The van der Waals surface area contributed by atoms with Gasteiger partial charge in [0.1, 0.15) is 4.90 Å². The molecule has 21 heavy (non-hydrogen) atoms. The van der Waals surface area contributed by atoms with E-state index in [0.29, 0.717) is 11.8 Å². The molecule has 2 aliphatic rings. The molecule has 2 fully saturated rings. The Balaban J connectivity index is 1.89. The second kappa shape index (κ2) is 5.30. The van der Waals surface area contributed by atoms with Gasteiger partial charge in [0.15, 0.2) is 11.6 Å². The predicted molar refractivity (Wildman–Crippen MR) is 71.8 cm³/mol. The average Bonchev–Trinajstić information content (AvgIpc) is 3.03. The van der Waals surface area contributed by atoms with Crippen LogP contribution in [0.4, 0.5) is 8.78 Å². The number of rotatable bonds is 4. The minimum Gasteiger partial charge on any atom is -0.392 e. The smallest absolute Gasteiger partial charge is 0.243 e. The van der Waals surface area contributed by atoms with Crippen molar-refractivity contribution in [1.82, 2.24) is 4.72 Å². The van der Waals surface area contributed by atoms with Crippen LogP contribution >= 0.6 is 0 Å². The second-order valence-electron chi connectivity index (χ2n) is 5.95. The molecule has 0 aromatic heterocycles. The summed E-state index contributed by atoms with van der Waals surface area (Å²) < 4.78 is 54.4. The van der Waals surface area contributed by atoms with Crippen molar-refractivity contribution < 1.29 is 22.3 Å². The monoisotopic (exact) mass is 317 g/mol. The molecular formula is C14H17F2NO3S. The summed E-state index contributed by atoms with van der Waals surface area (Å²) >= 11 is 0.